The lowest BCUT2D eigenvalue weighted by Crippen LogP contribution is -2.54. The monoisotopic (exact) mass is 603 g/mol. The van der Waals surface area contributed by atoms with Gasteiger partial charge >= 0.3 is 0 Å². The molecule has 1 amide bonds. The largest absolute Gasteiger partial charge is 0.475 e. The Hall–Kier alpha value is -4.50. The van der Waals surface area contributed by atoms with Gasteiger partial charge in [-0.3, -0.25) is 9.59 Å². The third-order valence-electron chi connectivity index (χ3n) is 9.11. The van der Waals surface area contributed by atoms with Gasteiger partial charge in [0.25, 0.3) is 11.5 Å². The van der Waals surface area contributed by atoms with Gasteiger partial charge in [0.1, 0.15) is 24.1 Å². The molecule has 0 radical (unpaired) electrons. The Kier molecular flexibility index (Phi) is 7.98. The highest BCUT2D eigenvalue weighted by Gasteiger charge is 2.35. The number of hydrogen-bond donors (Lipinski definition) is 1. The van der Waals surface area contributed by atoms with Gasteiger partial charge in [0.2, 0.25) is 5.88 Å². The fourth-order valence-corrected chi connectivity index (χ4v) is 6.81. The van der Waals surface area contributed by atoms with Crippen LogP contribution in [0, 0.1) is 17.1 Å². The van der Waals surface area contributed by atoms with Crippen LogP contribution in [0.5, 0.6) is 5.88 Å². The molecule has 0 bridgehead atoms. The number of likely N-dealkylation sites (tertiary alicyclic amines) is 1. The van der Waals surface area contributed by atoms with Crippen molar-refractivity contribution in [2.24, 2.45) is 0 Å². The van der Waals surface area contributed by atoms with E-state index in [1.807, 2.05) is 23.8 Å². The van der Waals surface area contributed by atoms with Gasteiger partial charge < -0.3 is 29.3 Å². The SMILES string of the molecule is C=C(F)C(=O)N1CCN(c2c(C#N)c(OC[C@@H]3CCCN3C)nc3c2CCN(c2c(F)ccc4cc[nH]c(=O)c24)C3)C[C@H]1C. The number of H-pyrrole nitrogens is 1. The van der Waals surface area contributed by atoms with Crippen LogP contribution in [0.2, 0.25) is 0 Å². The fourth-order valence-electron chi connectivity index (χ4n) is 6.81. The number of carbonyl (C=O) groups excluding carboxylic acids is 1. The lowest BCUT2D eigenvalue weighted by atomic mass is 9.96. The molecule has 6 rings (SSSR count). The van der Waals surface area contributed by atoms with Gasteiger partial charge in [-0.15, -0.1) is 0 Å². The molecule has 44 heavy (non-hydrogen) atoms. The van der Waals surface area contributed by atoms with Crippen LogP contribution in [0.3, 0.4) is 0 Å². The molecule has 1 N–H and O–H groups in total. The highest BCUT2D eigenvalue weighted by molar-refractivity contribution is 5.94. The standard InChI is InChI=1S/C32H35F2N7O3/c1-19-16-40(13-14-41(19)32(43)20(2)33)28-23-9-12-39(29-25(34)7-6-21-8-10-36-30(42)27(21)29)17-26(23)37-31(24(28)15-35)44-18-22-5-4-11-38(22)3/h6-8,10,19,22H,2,4-5,9,11-14,16-18H2,1,3H3,(H,36,42)/t19-,22+/m1/s1. The van der Waals surface area contributed by atoms with Crippen LogP contribution in [0.15, 0.2) is 41.6 Å². The average molecular weight is 604 g/mol. The lowest BCUT2D eigenvalue weighted by molar-refractivity contribution is -0.131. The molecule has 230 valence electrons. The number of halogens is 2. The first-order chi connectivity index (χ1) is 21.2. The molecular formula is C32H35F2N7O3. The maximum Gasteiger partial charge on any atom is 0.282 e. The van der Waals surface area contributed by atoms with Crippen LogP contribution in [-0.4, -0.2) is 84.1 Å². The summed E-state index contributed by atoms with van der Waals surface area (Å²) in [6, 6.07) is 6.88. The van der Waals surface area contributed by atoms with Crippen molar-refractivity contribution in [1.29, 1.82) is 5.26 Å². The third kappa shape index (κ3) is 5.26. The molecule has 2 fully saturated rings. The maximum atomic E-state index is 15.4. The first kappa shape index (κ1) is 29.6. The number of carbonyl (C=O) groups is 1. The number of aromatic amines is 1. The number of nitriles is 1. The number of nitrogens with zero attached hydrogens (tertiary/aromatic N) is 6. The summed E-state index contributed by atoms with van der Waals surface area (Å²) in [4.78, 5) is 40.3. The van der Waals surface area contributed by atoms with Crippen LogP contribution in [0.4, 0.5) is 20.2 Å². The Morgan fingerprint density at radius 3 is 2.73 bits per heavy atom. The summed E-state index contributed by atoms with van der Waals surface area (Å²) < 4.78 is 35.4. The van der Waals surface area contributed by atoms with Gasteiger partial charge in [-0.2, -0.15) is 5.26 Å². The molecule has 2 saturated heterocycles. The van der Waals surface area contributed by atoms with E-state index in [4.69, 9.17) is 9.72 Å². The molecular weight excluding hydrogens is 568 g/mol. The molecule has 2 aromatic heterocycles. The van der Waals surface area contributed by atoms with Crippen LogP contribution >= 0.6 is 0 Å². The van der Waals surface area contributed by atoms with E-state index in [1.165, 1.54) is 17.2 Å². The van der Waals surface area contributed by atoms with E-state index >= 15 is 4.39 Å². The number of anilines is 2. The Labute approximate surface area is 254 Å². The van der Waals surface area contributed by atoms with E-state index in [2.05, 4.69) is 22.5 Å². The second-order valence-corrected chi connectivity index (χ2v) is 11.8. The van der Waals surface area contributed by atoms with Crippen molar-refractivity contribution in [3.63, 3.8) is 0 Å². The number of benzene rings is 1. The van der Waals surface area contributed by atoms with E-state index < -0.39 is 17.6 Å². The number of fused-ring (bicyclic) bond motifs is 2. The highest BCUT2D eigenvalue weighted by Crippen LogP contribution is 2.39. The zero-order chi connectivity index (χ0) is 31.1. The van der Waals surface area contributed by atoms with Gasteiger partial charge in [-0.25, -0.2) is 13.8 Å². The summed E-state index contributed by atoms with van der Waals surface area (Å²) in [5.41, 5.74) is 2.31. The van der Waals surface area contributed by atoms with Crippen LogP contribution < -0.4 is 20.1 Å². The second-order valence-electron chi connectivity index (χ2n) is 11.8. The molecule has 0 aliphatic carbocycles. The predicted octanol–water partition coefficient (Wildman–Crippen LogP) is 3.49. The number of amides is 1. The average Bonchev–Trinajstić information content (AvgIpc) is 3.43. The summed E-state index contributed by atoms with van der Waals surface area (Å²) in [7, 11) is 2.05. The van der Waals surface area contributed by atoms with E-state index in [0.29, 0.717) is 55.0 Å². The molecule has 3 aliphatic heterocycles. The molecule has 10 nitrogen and oxygen atoms in total. The minimum atomic E-state index is -1.00. The summed E-state index contributed by atoms with van der Waals surface area (Å²) in [5.74, 6) is -2.03. The van der Waals surface area contributed by atoms with Crippen molar-refractivity contribution in [2.75, 3.05) is 56.2 Å². The number of likely N-dealkylation sites (N-methyl/N-ethyl adjacent to an activating group) is 1. The van der Waals surface area contributed by atoms with Gasteiger partial charge in [0.15, 0.2) is 5.83 Å². The number of pyridine rings is 2. The minimum Gasteiger partial charge on any atom is -0.475 e. The smallest absolute Gasteiger partial charge is 0.282 e. The van der Waals surface area contributed by atoms with Crippen LogP contribution in [-0.2, 0) is 17.8 Å². The molecule has 5 heterocycles. The lowest BCUT2D eigenvalue weighted by Gasteiger charge is -2.42. The summed E-state index contributed by atoms with van der Waals surface area (Å²) in [5, 5.41) is 11.3. The van der Waals surface area contributed by atoms with E-state index in [-0.39, 0.29) is 47.7 Å². The number of piperazine rings is 1. The summed E-state index contributed by atoms with van der Waals surface area (Å²) in [6.45, 7) is 7.92. The maximum absolute atomic E-state index is 15.4. The fraction of sp³-hybridized carbons (Fsp3) is 0.438. The van der Waals surface area contributed by atoms with Gasteiger partial charge in [-0.1, -0.05) is 12.6 Å². The zero-order valence-electron chi connectivity index (χ0n) is 24.9. The second kappa shape index (κ2) is 11.9. The molecule has 2 atom stereocenters. The highest BCUT2D eigenvalue weighted by atomic mass is 19.1. The number of rotatable bonds is 6. The molecule has 0 unspecified atom stereocenters. The Morgan fingerprint density at radius 2 is 2.02 bits per heavy atom. The summed E-state index contributed by atoms with van der Waals surface area (Å²) >= 11 is 0. The first-order valence-electron chi connectivity index (χ1n) is 14.9. The van der Waals surface area contributed by atoms with Crippen molar-refractivity contribution < 1.29 is 18.3 Å². The van der Waals surface area contributed by atoms with Crippen molar-refractivity contribution in [1.82, 2.24) is 19.8 Å². The van der Waals surface area contributed by atoms with Crippen LogP contribution in [0.1, 0.15) is 36.6 Å². The number of ether oxygens (including phenoxy) is 1. The first-order valence-corrected chi connectivity index (χ1v) is 14.9. The molecule has 0 saturated carbocycles. The van der Waals surface area contributed by atoms with Gasteiger partial charge in [-0.05, 0) is 57.3 Å². The molecule has 3 aromatic rings. The minimum absolute atomic E-state index is 0.194. The normalized spacial score (nSPS) is 20.5. The van der Waals surface area contributed by atoms with E-state index in [9.17, 15) is 19.2 Å². The molecule has 0 spiro atoms. The number of aromatic nitrogens is 2. The molecule has 1 aromatic carbocycles. The van der Waals surface area contributed by atoms with Crippen molar-refractivity contribution in [3.05, 3.63) is 69.8 Å². The van der Waals surface area contributed by atoms with E-state index in [1.54, 1.807) is 12.1 Å². The Bertz CT molecular complexity index is 1740. The topological polar surface area (TPSA) is 109 Å². The molecule has 12 heteroatoms. The van der Waals surface area contributed by atoms with Gasteiger partial charge in [0.05, 0.1) is 29.0 Å². The van der Waals surface area contributed by atoms with Crippen LogP contribution in [0.25, 0.3) is 10.8 Å². The predicted molar refractivity (Wildman–Crippen MR) is 163 cm³/mol. The van der Waals surface area contributed by atoms with Crippen molar-refractivity contribution >= 4 is 28.1 Å². The van der Waals surface area contributed by atoms with Gasteiger partial charge in [0, 0.05) is 50.0 Å². The Balaban J connectivity index is 1.41. The summed E-state index contributed by atoms with van der Waals surface area (Å²) in [6.07, 6.45) is 4.02. The quantitative estimate of drug-likeness (QED) is 0.427. The Morgan fingerprint density at radius 1 is 1.20 bits per heavy atom. The van der Waals surface area contributed by atoms with Crippen molar-refractivity contribution in [3.8, 4) is 11.9 Å². The number of hydrogen-bond acceptors (Lipinski definition) is 8. The zero-order valence-corrected chi connectivity index (χ0v) is 24.9. The van der Waals surface area contributed by atoms with E-state index in [0.717, 1.165) is 24.9 Å². The molecule has 3 aliphatic rings. The van der Waals surface area contributed by atoms with Crippen molar-refractivity contribution in [2.45, 2.75) is 44.8 Å². The number of nitrogens with one attached hydrogen (secondary N) is 1. The third-order valence-corrected chi connectivity index (χ3v) is 9.11.